The number of carbonyl (C=O) groups excluding carboxylic acids is 3. The fourth-order valence-corrected chi connectivity index (χ4v) is 4.55. The summed E-state index contributed by atoms with van der Waals surface area (Å²) >= 11 is 0. The molecule has 6 atom stereocenters. The van der Waals surface area contributed by atoms with E-state index < -0.39 is 48.2 Å². The molecule has 142 valence electrons. The molecule has 3 fully saturated rings. The molecule has 1 aliphatic heterocycles. The van der Waals surface area contributed by atoms with Crippen molar-refractivity contribution in [2.75, 3.05) is 6.61 Å². The minimum atomic E-state index is -1.88. The summed E-state index contributed by atoms with van der Waals surface area (Å²) in [4.78, 5) is 34.9. The lowest BCUT2D eigenvalue weighted by Gasteiger charge is -2.29. The summed E-state index contributed by atoms with van der Waals surface area (Å²) in [7, 11) is 0. The van der Waals surface area contributed by atoms with E-state index in [-0.39, 0.29) is 11.8 Å². The maximum Gasteiger partial charge on any atom is 0.342 e. The molecule has 7 nitrogen and oxygen atoms in total. The average Bonchev–Trinajstić information content (AvgIpc) is 2.93. The van der Waals surface area contributed by atoms with Crippen LogP contribution in [0.15, 0.2) is 24.3 Å². The van der Waals surface area contributed by atoms with Crippen LogP contribution in [0.5, 0.6) is 0 Å². The average molecular weight is 364 g/mol. The highest BCUT2D eigenvalue weighted by Gasteiger charge is 2.63. The van der Waals surface area contributed by atoms with Gasteiger partial charge in [0.25, 0.3) is 0 Å². The van der Waals surface area contributed by atoms with Crippen molar-refractivity contribution in [3.8, 4) is 0 Å². The van der Waals surface area contributed by atoms with Crippen LogP contribution in [-0.4, -0.2) is 47.4 Å². The molecule has 6 unspecified atom stereocenters. The van der Waals surface area contributed by atoms with E-state index in [1.165, 1.54) is 13.8 Å². The predicted octanol–water partition coefficient (Wildman–Crippen LogP) is 1.30. The van der Waals surface area contributed by atoms with Gasteiger partial charge < -0.3 is 19.3 Å². The maximum absolute atomic E-state index is 12.4. The molecule has 7 heteroatoms. The molecule has 1 N–H and O–H groups in total. The van der Waals surface area contributed by atoms with E-state index in [9.17, 15) is 19.5 Å². The van der Waals surface area contributed by atoms with Crippen molar-refractivity contribution >= 4 is 17.9 Å². The summed E-state index contributed by atoms with van der Waals surface area (Å²) in [5, 5.41) is 10.9. The van der Waals surface area contributed by atoms with Crippen LogP contribution < -0.4 is 0 Å². The Balaban J connectivity index is 1.91. The molecule has 3 rings (SSSR count). The van der Waals surface area contributed by atoms with Gasteiger partial charge in [0.2, 0.25) is 5.60 Å². The van der Waals surface area contributed by atoms with E-state index in [1.54, 1.807) is 0 Å². The smallest absolute Gasteiger partial charge is 0.342 e. The van der Waals surface area contributed by atoms with Gasteiger partial charge in [-0.3, -0.25) is 9.59 Å². The first-order chi connectivity index (χ1) is 12.1. The highest BCUT2D eigenvalue weighted by Crippen LogP contribution is 2.53. The molecule has 0 amide bonds. The topological polar surface area (TPSA) is 99.1 Å². The molecule has 0 radical (unpaired) electrons. The van der Waals surface area contributed by atoms with Crippen molar-refractivity contribution in [2.24, 2.45) is 17.8 Å². The number of aliphatic hydroxyl groups is 1. The molecule has 3 aliphatic rings. The van der Waals surface area contributed by atoms with Crippen molar-refractivity contribution in [3.05, 3.63) is 24.3 Å². The lowest BCUT2D eigenvalue weighted by Crippen LogP contribution is -2.47. The second kappa shape index (κ2) is 6.54. The van der Waals surface area contributed by atoms with Crippen molar-refractivity contribution in [1.82, 2.24) is 0 Å². The number of hydrogen-bond donors (Lipinski definition) is 1. The molecule has 2 aliphatic carbocycles. The Bertz CT molecular complexity index is 681. The van der Waals surface area contributed by atoms with E-state index in [0.29, 0.717) is 24.8 Å². The fourth-order valence-electron chi connectivity index (χ4n) is 4.55. The molecule has 0 aromatic heterocycles. The zero-order valence-corrected chi connectivity index (χ0v) is 15.0. The second-order valence-corrected chi connectivity index (χ2v) is 7.42. The molecule has 1 saturated heterocycles. The van der Waals surface area contributed by atoms with E-state index in [2.05, 4.69) is 13.2 Å². The first kappa shape index (κ1) is 18.6. The van der Waals surface area contributed by atoms with Gasteiger partial charge in [-0.1, -0.05) is 18.7 Å². The third kappa shape index (κ3) is 2.94. The van der Waals surface area contributed by atoms with Gasteiger partial charge in [-0.2, -0.15) is 0 Å². The van der Waals surface area contributed by atoms with Crippen molar-refractivity contribution in [2.45, 2.75) is 50.9 Å². The lowest BCUT2D eigenvalue weighted by molar-refractivity contribution is -0.166. The molecule has 26 heavy (non-hydrogen) atoms. The van der Waals surface area contributed by atoms with Crippen LogP contribution in [0.2, 0.25) is 0 Å². The summed E-state index contributed by atoms with van der Waals surface area (Å²) < 4.78 is 15.8. The monoisotopic (exact) mass is 364 g/mol. The third-order valence-electron chi connectivity index (χ3n) is 5.81. The number of hydrogen-bond acceptors (Lipinski definition) is 7. The molecular weight excluding hydrogens is 340 g/mol. The normalized spacial score (nSPS) is 38.9. The molecule has 1 heterocycles. The van der Waals surface area contributed by atoms with Crippen LogP contribution in [0.3, 0.4) is 0 Å². The zero-order valence-electron chi connectivity index (χ0n) is 15.0. The van der Waals surface area contributed by atoms with Crippen molar-refractivity contribution in [3.63, 3.8) is 0 Å². The van der Waals surface area contributed by atoms with Gasteiger partial charge in [0, 0.05) is 25.7 Å². The van der Waals surface area contributed by atoms with Crippen LogP contribution in [-0.2, 0) is 28.6 Å². The van der Waals surface area contributed by atoms with Gasteiger partial charge in [0.05, 0.1) is 0 Å². The van der Waals surface area contributed by atoms with Gasteiger partial charge in [-0.05, 0) is 30.8 Å². The minimum absolute atomic E-state index is 0.0364. The highest BCUT2D eigenvalue weighted by atomic mass is 16.6. The van der Waals surface area contributed by atoms with Gasteiger partial charge in [0.15, 0.2) is 0 Å². The molecule has 0 bridgehead atoms. The van der Waals surface area contributed by atoms with Gasteiger partial charge >= 0.3 is 17.9 Å². The van der Waals surface area contributed by atoms with Gasteiger partial charge in [-0.15, -0.1) is 0 Å². The van der Waals surface area contributed by atoms with Gasteiger partial charge in [-0.25, -0.2) is 4.79 Å². The lowest BCUT2D eigenvalue weighted by atomic mass is 9.78. The molecule has 0 aromatic carbocycles. The number of ether oxygens (including phenoxy) is 3. The first-order valence-corrected chi connectivity index (χ1v) is 8.75. The van der Waals surface area contributed by atoms with E-state index in [1.807, 2.05) is 0 Å². The summed E-state index contributed by atoms with van der Waals surface area (Å²) in [5.41, 5.74) is -0.246. The van der Waals surface area contributed by atoms with E-state index in [0.717, 1.165) is 5.57 Å². The largest absolute Gasteiger partial charge is 0.462 e. The Morgan fingerprint density at radius 2 is 2.00 bits per heavy atom. The van der Waals surface area contributed by atoms with Gasteiger partial charge in [0.1, 0.15) is 18.8 Å². The number of allylic oxidation sites excluding steroid dienone is 1. The number of rotatable bonds is 3. The Labute approximate surface area is 152 Å². The second-order valence-electron chi connectivity index (χ2n) is 7.42. The van der Waals surface area contributed by atoms with Crippen LogP contribution in [0.25, 0.3) is 0 Å². The van der Waals surface area contributed by atoms with Crippen molar-refractivity contribution < 1.29 is 33.7 Å². The highest BCUT2D eigenvalue weighted by molar-refractivity contribution is 5.83. The summed E-state index contributed by atoms with van der Waals surface area (Å²) in [6, 6.07) is 0. The van der Waals surface area contributed by atoms with Crippen molar-refractivity contribution in [1.29, 1.82) is 0 Å². The number of carbonyl (C=O) groups is 3. The number of esters is 3. The Morgan fingerprint density at radius 1 is 1.31 bits per heavy atom. The summed E-state index contributed by atoms with van der Waals surface area (Å²) in [6.07, 6.45) is 0.567. The van der Waals surface area contributed by atoms with Crippen LogP contribution >= 0.6 is 0 Å². The molecule has 2 saturated carbocycles. The summed E-state index contributed by atoms with van der Waals surface area (Å²) in [6.45, 7) is 10.3. The molecule has 0 aromatic rings. The zero-order chi connectivity index (χ0) is 19.2. The Hall–Kier alpha value is -2.15. The molecule has 0 spiro atoms. The third-order valence-corrected chi connectivity index (χ3v) is 5.81. The predicted molar refractivity (Wildman–Crippen MR) is 89.6 cm³/mol. The van der Waals surface area contributed by atoms with Crippen LogP contribution in [0, 0.1) is 17.8 Å². The van der Waals surface area contributed by atoms with E-state index in [4.69, 9.17) is 14.2 Å². The first-order valence-electron chi connectivity index (χ1n) is 8.75. The maximum atomic E-state index is 12.4. The quantitative estimate of drug-likeness (QED) is 0.458. The Kier molecular flexibility index (Phi) is 4.69. The Morgan fingerprint density at radius 3 is 2.62 bits per heavy atom. The standard InChI is InChI=1S/C19H24O7/c1-9-5-6-14-17(26-18(22)19(14,23)8-24-11(3)20)16-10(2)15(7-13(9)16)25-12(4)21/h13-17,23H,1-2,5-8H2,3-4H3. The van der Waals surface area contributed by atoms with Crippen LogP contribution in [0.1, 0.15) is 33.1 Å². The van der Waals surface area contributed by atoms with E-state index >= 15 is 0 Å². The minimum Gasteiger partial charge on any atom is -0.462 e. The van der Waals surface area contributed by atoms with Crippen LogP contribution in [0.4, 0.5) is 0 Å². The summed E-state index contributed by atoms with van der Waals surface area (Å²) in [5.74, 6) is -2.63. The fraction of sp³-hybridized carbons (Fsp3) is 0.632. The SMILES string of the molecule is C=C1CCC2C(OC(=O)C2(O)COC(C)=O)C2C(=C)C(OC(C)=O)CC12. The molecular formula is C19H24O7. The number of fused-ring (bicyclic) bond motifs is 3.